The van der Waals surface area contributed by atoms with Crippen molar-refractivity contribution in [3.8, 4) is 40.0 Å². The van der Waals surface area contributed by atoms with Crippen LogP contribution in [0.3, 0.4) is 0 Å². The van der Waals surface area contributed by atoms with Gasteiger partial charge in [0.25, 0.3) is 5.91 Å². The highest BCUT2D eigenvalue weighted by Gasteiger charge is 2.53. The first-order valence-electron chi connectivity index (χ1n) is 14.2. The SMILES string of the molecule is COc1cc([C@@H]2c3cc4c(cc3[C@@H](NC(=O)c3cc(-c5ccc(C)cc5)n[nH]3)[C@H]3COC(=O)[C@H]23)OCO4)cc(OC)c1OC. The van der Waals surface area contributed by atoms with Crippen LogP contribution in [0, 0.1) is 18.8 Å². The second-order valence-electron chi connectivity index (χ2n) is 11.1. The van der Waals surface area contributed by atoms with Crippen LogP contribution in [0.25, 0.3) is 11.3 Å². The number of carbonyl (C=O) groups excluding carboxylic acids is 2. The summed E-state index contributed by atoms with van der Waals surface area (Å²) in [6, 6.07) is 16.5. The van der Waals surface area contributed by atoms with Gasteiger partial charge in [0.1, 0.15) is 5.69 Å². The lowest BCUT2D eigenvalue weighted by Gasteiger charge is -2.39. The smallest absolute Gasteiger partial charge is 0.310 e. The van der Waals surface area contributed by atoms with Gasteiger partial charge in [0.2, 0.25) is 12.5 Å². The standard InChI is InChI=1S/C33H31N3O8/c1-16-5-7-17(8-6-16)22-13-23(36-35-22)32(37)34-30-20-12-25-24(43-15-44-25)11-19(20)28(29-21(30)14-42-33(29)38)18-9-26(39-2)31(41-4)27(10-18)40-3/h5-13,21,28-30H,14-15H2,1-4H3,(H,34,37)(H,35,36)/t21-,28+,29-,30+/m0/s1. The fourth-order valence-electron chi connectivity index (χ4n) is 6.56. The zero-order valence-electron chi connectivity index (χ0n) is 24.6. The van der Waals surface area contributed by atoms with Crippen molar-refractivity contribution >= 4 is 11.9 Å². The number of fused-ring (bicyclic) bond motifs is 3. The summed E-state index contributed by atoms with van der Waals surface area (Å²) in [6.07, 6.45) is 0. The van der Waals surface area contributed by atoms with Gasteiger partial charge < -0.3 is 33.7 Å². The maximum atomic E-state index is 13.7. The van der Waals surface area contributed by atoms with Crippen molar-refractivity contribution in [1.82, 2.24) is 15.5 Å². The molecule has 1 aromatic heterocycles. The second kappa shape index (κ2) is 10.8. The zero-order valence-corrected chi connectivity index (χ0v) is 24.6. The maximum absolute atomic E-state index is 13.7. The molecule has 3 heterocycles. The molecule has 1 amide bonds. The Balaban J connectivity index is 1.31. The van der Waals surface area contributed by atoms with E-state index in [1.165, 1.54) is 7.11 Å². The molecule has 0 spiro atoms. The van der Waals surface area contributed by atoms with E-state index in [9.17, 15) is 9.59 Å². The molecule has 226 valence electrons. The highest BCUT2D eigenvalue weighted by atomic mass is 16.7. The third-order valence-corrected chi connectivity index (χ3v) is 8.69. The Labute approximate surface area is 253 Å². The van der Waals surface area contributed by atoms with Crippen LogP contribution in [0.1, 0.15) is 44.7 Å². The quantitative estimate of drug-likeness (QED) is 0.295. The molecule has 3 aliphatic rings. The lowest BCUT2D eigenvalue weighted by Crippen LogP contribution is -2.43. The molecular formula is C33H31N3O8. The van der Waals surface area contributed by atoms with Gasteiger partial charge in [0.05, 0.1) is 45.6 Å². The Kier molecular flexibility index (Phi) is 6.80. The number of aromatic nitrogens is 2. The minimum atomic E-state index is -0.610. The molecule has 7 rings (SSSR count). The van der Waals surface area contributed by atoms with E-state index in [1.807, 2.05) is 55.5 Å². The number of nitrogens with one attached hydrogen (secondary N) is 2. The summed E-state index contributed by atoms with van der Waals surface area (Å²) in [5, 5.41) is 10.4. The minimum Gasteiger partial charge on any atom is -0.493 e. The van der Waals surface area contributed by atoms with Gasteiger partial charge in [-0.15, -0.1) is 0 Å². The average molecular weight is 598 g/mol. The molecule has 11 heteroatoms. The molecule has 2 aliphatic heterocycles. The van der Waals surface area contributed by atoms with E-state index in [1.54, 1.807) is 20.3 Å². The van der Waals surface area contributed by atoms with Crippen LogP contribution in [0.2, 0.25) is 0 Å². The van der Waals surface area contributed by atoms with Crippen LogP contribution < -0.4 is 29.0 Å². The van der Waals surface area contributed by atoms with Crippen molar-refractivity contribution in [2.24, 2.45) is 11.8 Å². The fraction of sp³-hybridized carbons (Fsp3) is 0.303. The number of hydrogen-bond acceptors (Lipinski definition) is 9. The first kappa shape index (κ1) is 27.6. The van der Waals surface area contributed by atoms with E-state index in [0.29, 0.717) is 40.1 Å². The van der Waals surface area contributed by atoms with Crippen LogP contribution in [-0.2, 0) is 9.53 Å². The molecule has 0 bridgehead atoms. The van der Waals surface area contributed by atoms with Gasteiger partial charge in [-0.3, -0.25) is 14.7 Å². The van der Waals surface area contributed by atoms with Crippen LogP contribution >= 0.6 is 0 Å². The first-order valence-corrected chi connectivity index (χ1v) is 14.2. The average Bonchev–Trinajstić information content (AvgIpc) is 3.80. The van der Waals surface area contributed by atoms with Crippen LogP contribution in [0.4, 0.5) is 0 Å². The largest absolute Gasteiger partial charge is 0.493 e. The van der Waals surface area contributed by atoms with Crippen molar-refractivity contribution < 1.29 is 38.0 Å². The van der Waals surface area contributed by atoms with Gasteiger partial charge >= 0.3 is 5.97 Å². The Morgan fingerprint density at radius 1 is 0.909 bits per heavy atom. The Morgan fingerprint density at radius 3 is 2.25 bits per heavy atom. The third-order valence-electron chi connectivity index (χ3n) is 8.69. The number of H-pyrrole nitrogens is 1. The van der Waals surface area contributed by atoms with E-state index in [2.05, 4.69) is 15.5 Å². The number of aromatic amines is 1. The van der Waals surface area contributed by atoms with E-state index < -0.39 is 17.9 Å². The zero-order chi connectivity index (χ0) is 30.5. The summed E-state index contributed by atoms with van der Waals surface area (Å²) < 4.78 is 34.0. The number of esters is 1. The molecule has 4 atom stereocenters. The summed E-state index contributed by atoms with van der Waals surface area (Å²) >= 11 is 0. The molecule has 4 aromatic rings. The molecule has 0 unspecified atom stereocenters. The molecule has 0 radical (unpaired) electrons. The number of aryl methyl sites for hydroxylation is 1. The molecule has 3 aromatic carbocycles. The number of benzene rings is 3. The fourth-order valence-corrected chi connectivity index (χ4v) is 6.56. The summed E-state index contributed by atoms with van der Waals surface area (Å²) in [5.74, 6) is 0.364. The minimum absolute atomic E-state index is 0.0783. The highest BCUT2D eigenvalue weighted by molar-refractivity contribution is 5.94. The normalized spacial score (nSPS) is 21.2. The van der Waals surface area contributed by atoms with Crippen molar-refractivity contribution in [3.05, 3.63) is 82.5 Å². The van der Waals surface area contributed by atoms with Crippen LogP contribution in [0.15, 0.2) is 54.6 Å². The van der Waals surface area contributed by atoms with Crippen molar-refractivity contribution in [2.45, 2.75) is 18.9 Å². The topological polar surface area (TPSA) is 130 Å². The van der Waals surface area contributed by atoms with Gasteiger partial charge in [0, 0.05) is 17.4 Å². The number of cyclic esters (lactones) is 1. The van der Waals surface area contributed by atoms with E-state index in [4.69, 9.17) is 28.4 Å². The number of amides is 1. The highest BCUT2D eigenvalue weighted by Crippen LogP contribution is 2.55. The molecular weight excluding hydrogens is 566 g/mol. The predicted molar refractivity (Wildman–Crippen MR) is 157 cm³/mol. The molecule has 0 saturated carbocycles. The van der Waals surface area contributed by atoms with Crippen molar-refractivity contribution in [1.29, 1.82) is 0 Å². The lowest BCUT2D eigenvalue weighted by atomic mass is 9.65. The maximum Gasteiger partial charge on any atom is 0.310 e. The molecule has 44 heavy (non-hydrogen) atoms. The van der Waals surface area contributed by atoms with E-state index >= 15 is 0 Å². The lowest BCUT2D eigenvalue weighted by molar-refractivity contribution is -0.141. The predicted octanol–water partition coefficient (Wildman–Crippen LogP) is 4.55. The van der Waals surface area contributed by atoms with Crippen LogP contribution in [0.5, 0.6) is 28.7 Å². The summed E-state index contributed by atoms with van der Waals surface area (Å²) in [6.45, 7) is 2.23. The van der Waals surface area contributed by atoms with E-state index in [0.717, 1.165) is 27.8 Å². The number of nitrogens with zero attached hydrogens (tertiary/aromatic N) is 1. The Morgan fingerprint density at radius 2 is 1.59 bits per heavy atom. The molecule has 2 N–H and O–H groups in total. The summed E-state index contributed by atoms with van der Waals surface area (Å²) in [4.78, 5) is 27.2. The summed E-state index contributed by atoms with van der Waals surface area (Å²) in [5.41, 5.74) is 5.36. The third kappa shape index (κ3) is 4.47. The number of carbonyl (C=O) groups is 2. The number of ether oxygens (including phenoxy) is 6. The first-order chi connectivity index (χ1) is 21.4. The van der Waals surface area contributed by atoms with Gasteiger partial charge in [-0.1, -0.05) is 29.8 Å². The van der Waals surface area contributed by atoms with Gasteiger partial charge in [-0.25, -0.2) is 0 Å². The molecule has 1 saturated heterocycles. The number of hydrogen-bond donors (Lipinski definition) is 2. The summed E-state index contributed by atoms with van der Waals surface area (Å²) in [7, 11) is 4.63. The van der Waals surface area contributed by atoms with Crippen LogP contribution in [-0.4, -0.2) is 56.8 Å². The molecule has 11 nitrogen and oxygen atoms in total. The van der Waals surface area contributed by atoms with Crippen molar-refractivity contribution in [3.63, 3.8) is 0 Å². The second-order valence-corrected chi connectivity index (χ2v) is 11.1. The van der Waals surface area contributed by atoms with Gasteiger partial charge in [-0.2, -0.15) is 5.10 Å². The van der Waals surface area contributed by atoms with Gasteiger partial charge in [0.15, 0.2) is 23.0 Å². The van der Waals surface area contributed by atoms with Crippen molar-refractivity contribution in [2.75, 3.05) is 34.7 Å². The molecule has 1 fully saturated rings. The van der Waals surface area contributed by atoms with Gasteiger partial charge in [-0.05, 0) is 53.9 Å². The number of methoxy groups -OCH3 is 3. The molecule has 1 aliphatic carbocycles. The Bertz CT molecular complexity index is 1740. The monoisotopic (exact) mass is 597 g/mol. The van der Waals surface area contributed by atoms with E-state index in [-0.39, 0.29) is 31.2 Å². The Hall–Kier alpha value is -5.19. The number of rotatable bonds is 7.